The van der Waals surface area contributed by atoms with Crippen molar-refractivity contribution in [1.82, 2.24) is 14.2 Å². The zero-order chi connectivity index (χ0) is 20.3. The van der Waals surface area contributed by atoms with Crippen molar-refractivity contribution >= 4 is 32.7 Å². The van der Waals surface area contributed by atoms with E-state index in [1.54, 1.807) is 11.3 Å². The predicted octanol–water partition coefficient (Wildman–Crippen LogP) is 1.95. The van der Waals surface area contributed by atoms with Gasteiger partial charge in [0.15, 0.2) is 0 Å². The van der Waals surface area contributed by atoms with Gasteiger partial charge >= 0.3 is 0 Å². The smallest absolute Gasteiger partial charge is 0.293 e. The first-order chi connectivity index (χ1) is 13.3. The Hall–Kier alpha value is -2.08. The number of aromatic nitrogens is 1. The van der Waals surface area contributed by atoms with Gasteiger partial charge < -0.3 is 10.2 Å². The maximum atomic E-state index is 12.8. The van der Waals surface area contributed by atoms with Crippen LogP contribution in [-0.2, 0) is 16.4 Å². The minimum absolute atomic E-state index is 0.0515. The lowest BCUT2D eigenvalue weighted by Gasteiger charge is -2.31. The van der Waals surface area contributed by atoms with Gasteiger partial charge in [-0.15, -0.1) is 11.3 Å². The molecule has 152 valence electrons. The van der Waals surface area contributed by atoms with Gasteiger partial charge in [-0.3, -0.25) is 10.1 Å². The number of rotatable bonds is 7. The first kappa shape index (κ1) is 20.6. The molecule has 1 saturated heterocycles. The molecule has 1 N–H and O–H groups in total. The topological polar surface area (TPSA) is 109 Å². The Labute approximate surface area is 168 Å². The summed E-state index contributed by atoms with van der Waals surface area (Å²) in [6.07, 6.45) is 0.628. The Morgan fingerprint density at radius 2 is 2.00 bits per heavy atom. The van der Waals surface area contributed by atoms with Crippen molar-refractivity contribution in [3.63, 3.8) is 0 Å². The molecular formula is C17H23N5O4S2. The summed E-state index contributed by atoms with van der Waals surface area (Å²) in [5.41, 5.74) is 0.978. The second-order valence-corrected chi connectivity index (χ2v) is 9.68. The number of nitro benzene ring substituents is 1. The van der Waals surface area contributed by atoms with Crippen molar-refractivity contribution in [3.8, 4) is 0 Å². The number of benzene rings is 1. The van der Waals surface area contributed by atoms with Crippen LogP contribution in [0.3, 0.4) is 0 Å². The Morgan fingerprint density at radius 3 is 2.61 bits per heavy atom. The molecule has 0 bridgehead atoms. The predicted molar refractivity (Wildman–Crippen MR) is 108 cm³/mol. The molecule has 0 spiro atoms. The molecule has 2 heterocycles. The zero-order valence-corrected chi connectivity index (χ0v) is 17.4. The Balaban J connectivity index is 1.75. The van der Waals surface area contributed by atoms with Crippen LogP contribution < -0.4 is 5.32 Å². The van der Waals surface area contributed by atoms with E-state index in [2.05, 4.69) is 10.3 Å². The monoisotopic (exact) mass is 425 g/mol. The van der Waals surface area contributed by atoms with E-state index in [0.717, 1.165) is 16.8 Å². The fraction of sp³-hybridized carbons (Fsp3) is 0.471. The van der Waals surface area contributed by atoms with Gasteiger partial charge in [-0.05, 0) is 26.1 Å². The first-order valence-corrected chi connectivity index (χ1v) is 11.2. The number of nitrogens with zero attached hydrogens (tertiary/aromatic N) is 4. The highest BCUT2D eigenvalue weighted by Gasteiger charge is 2.29. The number of hydrogen-bond donors (Lipinski definition) is 1. The standard InChI is InChI=1S/C17H23N5O4S2/c1-13-19-14(12-27-13)5-6-18-16-4-3-15(11-17(16)22(23)24)28(25,26)21-9-7-20(2)8-10-21/h3-4,11-12,18H,5-10H2,1-2H3. The molecule has 9 nitrogen and oxygen atoms in total. The van der Waals surface area contributed by atoms with Gasteiger partial charge in [0.1, 0.15) is 5.69 Å². The number of sulfonamides is 1. The molecule has 0 atom stereocenters. The van der Waals surface area contributed by atoms with Crippen LogP contribution in [-0.4, -0.2) is 67.3 Å². The van der Waals surface area contributed by atoms with Gasteiger partial charge in [-0.25, -0.2) is 13.4 Å². The highest BCUT2D eigenvalue weighted by Crippen LogP contribution is 2.29. The third-order valence-electron chi connectivity index (χ3n) is 4.63. The number of nitro groups is 1. The number of anilines is 1. The summed E-state index contributed by atoms with van der Waals surface area (Å²) < 4.78 is 27.1. The van der Waals surface area contributed by atoms with Crippen molar-refractivity contribution in [2.75, 3.05) is 45.1 Å². The van der Waals surface area contributed by atoms with E-state index in [9.17, 15) is 18.5 Å². The van der Waals surface area contributed by atoms with E-state index < -0.39 is 14.9 Å². The SMILES string of the molecule is Cc1nc(CCNc2ccc(S(=O)(=O)N3CCN(C)CC3)cc2[N+](=O)[O-])cs1. The number of hydrogen-bond acceptors (Lipinski definition) is 8. The third-order valence-corrected chi connectivity index (χ3v) is 7.35. The van der Waals surface area contributed by atoms with E-state index in [4.69, 9.17) is 0 Å². The van der Waals surface area contributed by atoms with Gasteiger partial charge in [0.25, 0.3) is 5.69 Å². The van der Waals surface area contributed by atoms with Crippen molar-refractivity contribution < 1.29 is 13.3 Å². The summed E-state index contributed by atoms with van der Waals surface area (Å²) >= 11 is 1.56. The molecule has 0 unspecified atom stereocenters. The lowest BCUT2D eigenvalue weighted by molar-refractivity contribution is -0.384. The van der Waals surface area contributed by atoms with Gasteiger partial charge in [-0.2, -0.15) is 4.31 Å². The second-order valence-electron chi connectivity index (χ2n) is 6.68. The number of aryl methyl sites for hydroxylation is 1. The third kappa shape index (κ3) is 4.66. The molecule has 1 aromatic heterocycles. The fourth-order valence-electron chi connectivity index (χ4n) is 3.00. The summed E-state index contributed by atoms with van der Waals surface area (Å²) in [6, 6.07) is 4.03. The number of likely N-dealkylation sites (N-methyl/N-ethyl adjacent to an activating group) is 1. The van der Waals surface area contributed by atoms with Crippen LogP contribution in [0.5, 0.6) is 0 Å². The average molecular weight is 426 g/mol. The lowest BCUT2D eigenvalue weighted by Crippen LogP contribution is -2.47. The summed E-state index contributed by atoms with van der Waals surface area (Å²) in [6.45, 7) is 4.41. The minimum Gasteiger partial charge on any atom is -0.379 e. The Morgan fingerprint density at radius 1 is 1.29 bits per heavy atom. The largest absolute Gasteiger partial charge is 0.379 e. The minimum atomic E-state index is -3.75. The molecule has 11 heteroatoms. The second kappa shape index (κ2) is 8.52. The fourth-order valence-corrected chi connectivity index (χ4v) is 5.09. The summed E-state index contributed by atoms with van der Waals surface area (Å²) in [5, 5.41) is 17.4. The molecule has 1 aromatic carbocycles. The van der Waals surface area contributed by atoms with Crippen LogP contribution in [0.15, 0.2) is 28.5 Å². The molecule has 2 aromatic rings. The van der Waals surface area contributed by atoms with Crippen molar-refractivity contribution in [2.24, 2.45) is 0 Å². The highest BCUT2D eigenvalue weighted by atomic mass is 32.2. The normalized spacial score (nSPS) is 16.2. The highest BCUT2D eigenvalue weighted by molar-refractivity contribution is 7.89. The van der Waals surface area contributed by atoms with Crippen LogP contribution >= 0.6 is 11.3 Å². The average Bonchev–Trinajstić information content (AvgIpc) is 3.07. The maximum absolute atomic E-state index is 12.8. The molecular weight excluding hydrogens is 402 g/mol. The van der Waals surface area contributed by atoms with E-state index in [0.29, 0.717) is 44.8 Å². The summed E-state index contributed by atoms with van der Waals surface area (Å²) in [7, 11) is -1.82. The van der Waals surface area contributed by atoms with Gasteiger partial charge in [0.05, 0.1) is 20.5 Å². The van der Waals surface area contributed by atoms with Crippen molar-refractivity contribution in [3.05, 3.63) is 44.4 Å². The van der Waals surface area contributed by atoms with Crippen LogP contribution in [0.1, 0.15) is 10.7 Å². The van der Waals surface area contributed by atoms with E-state index >= 15 is 0 Å². The van der Waals surface area contributed by atoms with Gasteiger partial charge in [-0.1, -0.05) is 0 Å². The van der Waals surface area contributed by atoms with Crippen molar-refractivity contribution in [1.29, 1.82) is 0 Å². The molecule has 0 saturated carbocycles. The molecule has 1 aliphatic rings. The zero-order valence-electron chi connectivity index (χ0n) is 15.8. The van der Waals surface area contributed by atoms with Crippen LogP contribution in [0, 0.1) is 17.0 Å². The molecule has 0 amide bonds. The Kier molecular flexibility index (Phi) is 6.28. The van der Waals surface area contributed by atoms with E-state index in [1.165, 1.54) is 16.4 Å². The van der Waals surface area contributed by atoms with Crippen LogP contribution in [0.25, 0.3) is 0 Å². The maximum Gasteiger partial charge on any atom is 0.293 e. The summed E-state index contributed by atoms with van der Waals surface area (Å²) in [4.78, 5) is 17.3. The van der Waals surface area contributed by atoms with Gasteiger partial charge in [0, 0.05) is 50.6 Å². The van der Waals surface area contributed by atoms with Crippen LogP contribution in [0.4, 0.5) is 11.4 Å². The number of thiazole rings is 1. The molecule has 0 aliphatic carbocycles. The number of piperazine rings is 1. The van der Waals surface area contributed by atoms with E-state index in [-0.39, 0.29) is 10.6 Å². The first-order valence-electron chi connectivity index (χ1n) is 8.89. The van der Waals surface area contributed by atoms with Gasteiger partial charge in [0.2, 0.25) is 10.0 Å². The van der Waals surface area contributed by atoms with Crippen LogP contribution in [0.2, 0.25) is 0 Å². The quantitative estimate of drug-likeness (QED) is 0.533. The summed E-state index contributed by atoms with van der Waals surface area (Å²) in [5.74, 6) is 0. The molecule has 1 aliphatic heterocycles. The number of nitrogens with one attached hydrogen (secondary N) is 1. The molecule has 1 fully saturated rings. The molecule has 0 radical (unpaired) electrons. The lowest BCUT2D eigenvalue weighted by atomic mass is 10.2. The van der Waals surface area contributed by atoms with Crippen molar-refractivity contribution in [2.45, 2.75) is 18.2 Å². The molecule has 3 rings (SSSR count). The Bertz CT molecular complexity index is 952. The van der Waals surface area contributed by atoms with E-state index in [1.807, 2.05) is 24.3 Å². The molecule has 28 heavy (non-hydrogen) atoms.